The van der Waals surface area contributed by atoms with E-state index in [4.69, 9.17) is 9.47 Å². The number of hydrogen-bond acceptors (Lipinski definition) is 6. The summed E-state index contributed by atoms with van der Waals surface area (Å²) in [7, 11) is -2.62. The number of carbonyl (C=O) groups excluding carboxylic acids is 2. The van der Waals surface area contributed by atoms with E-state index in [9.17, 15) is 18.0 Å². The fourth-order valence-electron chi connectivity index (χ4n) is 3.26. The molecule has 1 aliphatic rings. The molecule has 1 aliphatic heterocycles. The molecule has 9 heteroatoms. The molecule has 162 valence electrons. The number of aryl methyl sites for hydroxylation is 1. The van der Waals surface area contributed by atoms with Crippen LogP contribution in [0.4, 0.5) is 0 Å². The summed E-state index contributed by atoms with van der Waals surface area (Å²) in [6.07, 6.45) is -0.926. The lowest BCUT2D eigenvalue weighted by Gasteiger charge is -2.37. The molecule has 3 atom stereocenters. The average molecular weight is 427 g/mol. The van der Waals surface area contributed by atoms with E-state index in [1.807, 2.05) is 20.8 Å². The molecule has 0 bridgehead atoms. The standard InChI is InChI=1S/C20H30N2O6S/c1-13(2)10-17(21-29(25,26)16-8-6-14(3)7-9-16)19(23)22-11-15(4)28-18(12-22)20(24)27-5/h6-9,13,15,17-18,21H,10-12H2,1-5H3/t15-,17+,18+/m1/s1. The van der Waals surface area contributed by atoms with Gasteiger partial charge >= 0.3 is 5.97 Å². The van der Waals surface area contributed by atoms with Crippen LogP contribution < -0.4 is 4.72 Å². The third-order valence-corrected chi connectivity index (χ3v) is 6.16. The van der Waals surface area contributed by atoms with Crippen molar-refractivity contribution < 1.29 is 27.5 Å². The molecule has 0 spiro atoms. The SMILES string of the molecule is COC(=O)[C@@H]1CN(C(=O)[C@H](CC(C)C)NS(=O)(=O)c2ccc(C)cc2)C[C@@H](C)O1. The zero-order valence-corrected chi connectivity index (χ0v) is 18.4. The molecule has 0 saturated carbocycles. The van der Waals surface area contributed by atoms with E-state index in [-0.39, 0.29) is 35.9 Å². The monoisotopic (exact) mass is 426 g/mol. The first-order valence-electron chi connectivity index (χ1n) is 9.64. The second-order valence-corrected chi connectivity index (χ2v) is 9.53. The Bertz CT molecular complexity index is 822. The average Bonchev–Trinajstić information content (AvgIpc) is 2.65. The number of morpholine rings is 1. The lowest BCUT2D eigenvalue weighted by Crippen LogP contribution is -2.57. The Morgan fingerprint density at radius 1 is 1.24 bits per heavy atom. The summed E-state index contributed by atoms with van der Waals surface area (Å²) in [4.78, 5) is 26.6. The fourth-order valence-corrected chi connectivity index (χ4v) is 4.46. The van der Waals surface area contributed by atoms with Gasteiger partial charge in [0.05, 0.1) is 24.7 Å². The Balaban J connectivity index is 2.23. The van der Waals surface area contributed by atoms with Gasteiger partial charge in [-0.1, -0.05) is 31.5 Å². The van der Waals surface area contributed by atoms with Gasteiger partial charge in [0.15, 0.2) is 6.10 Å². The summed E-state index contributed by atoms with van der Waals surface area (Å²) in [5, 5.41) is 0. The summed E-state index contributed by atoms with van der Waals surface area (Å²) in [5.41, 5.74) is 0.940. The first-order valence-corrected chi connectivity index (χ1v) is 11.1. The van der Waals surface area contributed by atoms with Crippen LogP contribution in [-0.2, 0) is 29.1 Å². The summed E-state index contributed by atoms with van der Waals surface area (Å²) < 4.78 is 38.5. The van der Waals surface area contributed by atoms with Crippen LogP contribution in [0.15, 0.2) is 29.2 Å². The maximum atomic E-state index is 13.2. The number of amides is 1. The van der Waals surface area contributed by atoms with Gasteiger partial charge in [-0.3, -0.25) is 4.79 Å². The van der Waals surface area contributed by atoms with Crippen molar-refractivity contribution in [1.82, 2.24) is 9.62 Å². The van der Waals surface area contributed by atoms with Crippen LogP contribution in [0.3, 0.4) is 0 Å². The number of esters is 1. The van der Waals surface area contributed by atoms with E-state index in [0.717, 1.165) is 5.56 Å². The van der Waals surface area contributed by atoms with Crippen LogP contribution >= 0.6 is 0 Å². The zero-order chi connectivity index (χ0) is 21.8. The highest BCUT2D eigenvalue weighted by molar-refractivity contribution is 7.89. The van der Waals surface area contributed by atoms with Crippen molar-refractivity contribution in [2.75, 3.05) is 20.2 Å². The van der Waals surface area contributed by atoms with Crippen LogP contribution in [0.2, 0.25) is 0 Å². The predicted molar refractivity (Wildman–Crippen MR) is 108 cm³/mol. The van der Waals surface area contributed by atoms with Gasteiger partial charge in [0.1, 0.15) is 6.04 Å². The number of hydrogen-bond donors (Lipinski definition) is 1. The molecule has 2 rings (SSSR count). The van der Waals surface area contributed by atoms with Gasteiger partial charge < -0.3 is 14.4 Å². The van der Waals surface area contributed by atoms with Gasteiger partial charge in [-0.05, 0) is 38.3 Å². The van der Waals surface area contributed by atoms with E-state index < -0.39 is 28.1 Å². The van der Waals surface area contributed by atoms with Crippen molar-refractivity contribution in [2.45, 2.75) is 57.3 Å². The Morgan fingerprint density at radius 2 is 1.86 bits per heavy atom. The van der Waals surface area contributed by atoms with E-state index in [0.29, 0.717) is 6.42 Å². The molecule has 29 heavy (non-hydrogen) atoms. The highest BCUT2D eigenvalue weighted by Crippen LogP contribution is 2.18. The molecule has 0 radical (unpaired) electrons. The van der Waals surface area contributed by atoms with Gasteiger partial charge in [-0.25, -0.2) is 13.2 Å². The minimum atomic E-state index is -3.87. The van der Waals surface area contributed by atoms with Crippen molar-refractivity contribution in [3.8, 4) is 0 Å². The van der Waals surface area contributed by atoms with Crippen LogP contribution in [0.1, 0.15) is 32.8 Å². The molecular weight excluding hydrogens is 396 g/mol. The molecular formula is C20H30N2O6S. The number of nitrogens with one attached hydrogen (secondary N) is 1. The Morgan fingerprint density at radius 3 is 2.41 bits per heavy atom. The van der Waals surface area contributed by atoms with Crippen molar-refractivity contribution >= 4 is 21.9 Å². The maximum absolute atomic E-state index is 13.2. The molecule has 1 saturated heterocycles. The van der Waals surface area contributed by atoms with Gasteiger partial charge in [0.2, 0.25) is 15.9 Å². The lowest BCUT2D eigenvalue weighted by molar-refractivity contribution is -0.170. The van der Waals surface area contributed by atoms with Gasteiger partial charge in [0.25, 0.3) is 0 Å². The number of rotatable bonds is 7. The quantitative estimate of drug-likeness (QED) is 0.663. The van der Waals surface area contributed by atoms with E-state index >= 15 is 0 Å². The minimum absolute atomic E-state index is 0.0245. The highest BCUT2D eigenvalue weighted by Gasteiger charge is 2.37. The number of sulfonamides is 1. The molecule has 0 aliphatic carbocycles. The molecule has 1 heterocycles. The lowest BCUT2D eigenvalue weighted by atomic mass is 10.0. The minimum Gasteiger partial charge on any atom is -0.467 e. The van der Waals surface area contributed by atoms with Crippen molar-refractivity contribution in [3.05, 3.63) is 29.8 Å². The number of benzene rings is 1. The van der Waals surface area contributed by atoms with E-state index in [1.54, 1.807) is 19.1 Å². The van der Waals surface area contributed by atoms with Gasteiger partial charge in [-0.2, -0.15) is 4.72 Å². The van der Waals surface area contributed by atoms with Crippen LogP contribution in [0.5, 0.6) is 0 Å². The Labute approximate surface area is 172 Å². The van der Waals surface area contributed by atoms with Gasteiger partial charge in [-0.15, -0.1) is 0 Å². The normalized spacial score (nSPS) is 21.1. The molecule has 1 fully saturated rings. The topological polar surface area (TPSA) is 102 Å². The first kappa shape index (κ1) is 23.3. The predicted octanol–water partition coefficient (Wildman–Crippen LogP) is 1.48. The molecule has 0 aromatic heterocycles. The third kappa shape index (κ3) is 6.25. The van der Waals surface area contributed by atoms with E-state index in [1.165, 1.54) is 24.1 Å². The van der Waals surface area contributed by atoms with Crippen LogP contribution in [0, 0.1) is 12.8 Å². The molecule has 1 aromatic carbocycles. The Kier molecular flexibility index (Phi) is 7.79. The highest BCUT2D eigenvalue weighted by atomic mass is 32.2. The summed E-state index contributed by atoms with van der Waals surface area (Å²) in [6.45, 7) is 7.75. The molecule has 0 unspecified atom stereocenters. The summed E-state index contributed by atoms with van der Waals surface area (Å²) in [6, 6.07) is 5.50. The van der Waals surface area contributed by atoms with Crippen LogP contribution in [-0.4, -0.2) is 63.6 Å². The number of carbonyl (C=O) groups is 2. The Hall–Kier alpha value is -1.97. The second kappa shape index (κ2) is 9.69. The van der Waals surface area contributed by atoms with Crippen molar-refractivity contribution in [2.24, 2.45) is 5.92 Å². The third-order valence-electron chi connectivity index (χ3n) is 4.67. The second-order valence-electron chi connectivity index (χ2n) is 7.82. The first-order chi connectivity index (χ1) is 13.5. The number of ether oxygens (including phenoxy) is 2. The summed E-state index contributed by atoms with van der Waals surface area (Å²) in [5.74, 6) is -0.854. The maximum Gasteiger partial charge on any atom is 0.336 e. The summed E-state index contributed by atoms with van der Waals surface area (Å²) >= 11 is 0. The van der Waals surface area contributed by atoms with Crippen molar-refractivity contribution in [3.63, 3.8) is 0 Å². The van der Waals surface area contributed by atoms with Crippen LogP contribution in [0.25, 0.3) is 0 Å². The van der Waals surface area contributed by atoms with E-state index in [2.05, 4.69) is 4.72 Å². The molecule has 1 aromatic rings. The molecule has 1 amide bonds. The molecule has 8 nitrogen and oxygen atoms in total. The largest absolute Gasteiger partial charge is 0.467 e. The van der Waals surface area contributed by atoms with Gasteiger partial charge in [0, 0.05) is 6.54 Å². The van der Waals surface area contributed by atoms with Crippen molar-refractivity contribution in [1.29, 1.82) is 0 Å². The zero-order valence-electron chi connectivity index (χ0n) is 17.5. The molecule has 1 N–H and O–H groups in total. The number of methoxy groups -OCH3 is 1. The number of nitrogens with zero attached hydrogens (tertiary/aromatic N) is 1. The smallest absolute Gasteiger partial charge is 0.336 e. The fraction of sp³-hybridized carbons (Fsp3) is 0.600.